The monoisotopic (exact) mass is 1100 g/mol. The highest BCUT2D eigenvalue weighted by atomic mass is 16.6. The number of ether oxygens (including phenoxy) is 2. The van der Waals surface area contributed by atoms with E-state index in [0.29, 0.717) is 117 Å². The van der Waals surface area contributed by atoms with Crippen LogP contribution in [0.25, 0.3) is 22.3 Å². The Labute approximate surface area is 462 Å². The van der Waals surface area contributed by atoms with Gasteiger partial charge in [0.1, 0.15) is 24.4 Å². The van der Waals surface area contributed by atoms with Crippen molar-refractivity contribution in [3.63, 3.8) is 0 Å². The van der Waals surface area contributed by atoms with Crippen LogP contribution in [0.2, 0.25) is 0 Å². The Kier molecular flexibility index (Phi) is 16.7. The van der Waals surface area contributed by atoms with Crippen LogP contribution in [0.15, 0.2) is 89.1 Å². The molecule has 0 radical (unpaired) electrons. The van der Waals surface area contributed by atoms with Gasteiger partial charge in [-0.2, -0.15) is 19.9 Å². The predicted molar refractivity (Wildman–Crippen MR) is 296 cm³/mol. The van der Waals surface area contributed by atoms with E-state index in [4.69, 9.17) is 29.4 Å². The second-order valence-corrected chi connectivity index (χ2v) is 20.9. The molecule has 10 rings (SSSR count). The number of amides is 4. The molecule has 9 N–H and O–H groups in total. The number of aliphatic hydroxyl groups excluding tert-OH is 4. The highest BCUT2D eigenvalue weighted by Crippen LogP contribution is 2.37. The molecule has 4 aromatic heterocycles. The zero-order valence-electron chi connectivity index (χ0n) is 44.6. The average Bonchev–Trinajstić information content (AvgIpc) is 4.47. The summed E-state index contributed by atoms with van der Waals surface area (Å²) in [6.07, 6.45) is 6.74. The van der Waals surface area contributed by atoms with Crippen LogP contribution in [0.4, 0.5) is 28.3 Å². The molecule has 1 saturated carbocycles. The van der Waals surface area contributed by atoms with Crippen molar-refractivity contribution in [2.75, 3.05) is 72.8 Å². The lowest BCUT2D eigenvalue weighted by Gasteiger charge is -2.31. The second-order valence-electron chi connectivity index (χ2n) is 20.9. The first-order valence-corrected chi connectivity index (χ1v) is 27.2. The number of nitrogens with one attached hydrogen (secondary N) is 5. The summed E-state index contributed by atoms with van der Waals surface area (Å²) in [5.41, 5.74) is 1.45. The summed E-state index contributed by atoms with van der Waals surface area (Å²) < 4.78 is 15.0. The molecule has 6 fully saturated rings. The summed E-state index contributed by atoms with van der Waals surface area (Å²) in [6.45, 7) is 26.5. The smallest absolute Gasteiger partial charge is 0.317 e. The van der Waals surface area contributed by atoms with E-state index >= 15 is 0 Å². The number of aliphatic hydroxyl groups is 4. The number of urea groups is 1. The number of likely N-dealkylation sites (tertiary alicyclic amines) is 1. The maximum atomic E-state index is 14.0. The van der Waals surface area contributed by atoms with Crippen molar-refractivity contribution in [1.29, 1.82) is 0 Å². The number of hydrogen-bond acceptors (Lipinski definition) is 21. The fraction of sp³-hybridized carbons (Fsp3) is 0.528. The Balaban J connectivity index is 0.806. The van der Waals surface area contributed by atoms with Gasteiger partial charge < -0.3 is 81.0 Å². The van der Waals surface area contributed by atoms with Gasteiger partial charge in [0, 0.05) is 70.5 Å². The van der Waals surface area contributed by atoms with E-state index < -0.39 is 60.9 Å². The summed E-state index contributed by atoms with van der Waals surface area (Å²) >= 11 is 0. The van der Waals surface area contributed by atoms with Crippen LogP contribution in [0.3, 0.4) is 0 Å². The van der Waals surface area contributed by atoms with E-state index in [1.54, 1.807) is 29.7 Å². The first kappa shape index (κ1) is 55.6. The molecular formula is C53H72N18O9. The molecule has 0 spiro atoms. The molecule has 4 amide bonds. The number of anilines is 4. The lowest BCUT2D eigenvalue weighted by molar-refractivity contribution is -0.138. The molecule has 0 unspecified atom stereocenters. The van der Waals surface area contributed by atoms with Gasteiger partial charge in [-0.25, -0.2) is 14.8 Å². The van der Waals surface area contributed by atoms with Crippen molar-refractivity contribution < 1.29 is 44.3 Å². The number of rotatable bonds is 21. The van der Waals surface area contributed by atoms with E-state index in [-0.39, 0.29) is 49.3 Å². The van der Waals surface area contributed by atoms with Crippen molar-refractivity contribution in [1.82, 2.24) is 69.7 Å². The summed E-state index contributed by atoms with van der Waals surface area (Å²) in [5.74, 6) is 0.528. The van der Waals surface area contributed by atoms with Gasteiger partial charge in [0.05, 0.1) is 24.7 Å². The maximum Gasteiger partial charge on any atom is 0.317 e. The third kappa shape index (κ3) is 11.0. The number of imidazole rings is 2. The molecular weight excluding hydrogens is 1030 g/mol. The topological polar surface area (TPSA) is 314 Å². The van der Waals surface area contributed by atoms with Crippen molar-refractivity contribution in [2.45, 2.75) is 124 Å². The number of aromatic nitrogens is 8. The Morgan fingerprint density at radius 3 is 1.48 bits per heavy atom. The number of carbonyl (C=O) groups is 3. The molecule has 27 heteroatoms. The normalized spacial score (nSPS) is 29.4. The molecule has 1 aliphatic carbocycles. The third-order valence-corrected chi connectivity index (χ3v) is 16.0. The van der Waals surface area contributed by atoms with Crippen molar-refractivity contribution >= 4 is 63.7 Å². The van der Waals surface area contributed by atoms with Gasteiger partial charge in [-0.1, -0.05) is 38.5 Å². The van der Waals surface area contributed by atoms with Crippen LogP contribution in [-0.2, 0) is 19.1 Å². The lowest BCUT2D eigenvalue weighted by Crippen LogP contribution is -2.46. The first-order chi connectivity index (χ1) is 38.7. The van der Waals surface area contributed by atoms with E-state index in [2.05, 4.69) is 80.9 Å². The van der Waals surface area contributed by atoms with Crippen LogP contribution in [0.5, 0.6) is 0 Å². The Morgan fingerprint density at radius 1 is 0.575 bits per heavy atom. The average molecular weight is 1110 g/mol. The van der Waals surface area contributed by atoms with Gasteiger partial charge in [0.2, 0.25) is 11.9 Å². The maximum absolute atomic E-state index is 14.0. The van der Waals surface area contributed by atoms with E-state index in [0.717, 1.165) is 12.8 Å². The SMILES string of the molecule is C=CCNC(=O)[C@H]1O[C@@H](n2cnc3c(NC4CCC(NC(=O)N5CC[C@@H](Nc6nc(N7CC[C@@H](N(C=C)C=C)C7)nc7c6ncn7[C@@H]6O[C@H](C(=O)NCC=C)[C@@H](O)[C@H]6O)C5)CC4)nc(N4CC[C@@H](N(C=C)C=C)C4)nc32)[C@H](O)[C@@H]1O. The Bertz CT molecular complexity index is 2970. The van der Waals surface area contributed by atoms with E-state index in [9.17, 15) is 34.8 Å². The Hall–Kier alpha value is -7.69. The van der Waals surface area contributed by atoms with Crippen LogP contribution in [-0.4, -0.2) is 211 Å². The van der Waals surface area contributed by atoms with Gasteiger partial charge >= 0.3 is 6.03 Å². The Morgan fingerprint density at radius 2 is 1.02 bits per heavy atom. The summed E-state index contributed by atoms with van der Waals surface area (Å²) in [5, 5.41) is 60.0. The number of carbonyl (C=O) groups excluding carboxylic acids is 3. The van der Waals surface area contributed by atoms with Crippen molar-refractivity contribution in [2.24, 2.45) is 0 Å². The fourth-order valence-corrected chi connectivity index (χ4v) is 11.6. The molecule has 428 valence electrons. The van der Waals surface area contributed by atoms with E-state index in [1.165, 1.54) is 33.9 Å². The summed E-state index contributed by atoms with van der Waals surface area (Å²) in [6, 6.07) is -0.360. The van der Waals surface area contributed by atoms with Crippen molar-refractivity contribution in [3.8, 4) is 0 Å². The number of nitrogens with zero attached hydrogens (tertiary/aromatic N) is 13. The predicted octanol–water partition coefficient (Wildman–Crippen LogP) is 0.763. The number of hydrogen-bond donors (Lipinski definition) is 9. The fourth-order valence-electron chi connectivity index (χ4n) is 11.6. The third-order valence-electron chi connectivity index (χ3n) is 16.0. The lowest BCUT2D eigenvalue weighted by atomic mass is 9.91. The quantitative estimate of drug-likeness (QED) is 0.0520. The van der Waals surface area contributed by atoms with Gasteiger partial charge in [-0.05, 0) is 69.7 Å². The minimum Gasteiger partial charge on any atom is -0.387 e. The molecule has 0 bridgehead atoms. The minimum atomic E-state index is -1.53. The van der Waals surface area contributed by atoms with E-state index in [1.807, 2.05) is 14.7 Å². The van der Waals surface area contributed by atoms with Crippen LogP contribution >= 0.6 is 0 Å². The number of fused-ring (bicyclic) bond motifs is 2. The van der Waals surface area contributed by atoms with Crippen LogP contribution in [0.1, 0.15) is 57.4 Å². The first-order valence-electron chi connectivity index (χ1n) is 27.2. The highest BCUT2D eigenvalue weighted by molar-refractivity contribution is 5.87. The molecule has 6 aliphatic rings. The molecule has 5 aliphatic heterocycles. The molecule has 80 heavy (non-hydrogen) atoms. The second kappa shape index (κ2) is 24.0. The largest absolute Gasteiger partial charge is 0.387 e. The minimum absolute atomic E-state index is 0.0414. The zero-order chi connectivity index (χ0) is 56.4. The summed E-state index contributed by atoms with van der Waals surface area (Å²) in [7, 11) is 0. The highest BCUT2D eigenvalue weighted by Gasteiger charge is 2.49. The van der Waals surface area contributed by atoms with Gasteiger partial charge in [-0.3, -0.25) is 18.7 Å². The zero-order valence-corrected chi connectivity index (χ0v) is 44.6. The molecule has 27 nitrogen and oxygen atoms in total. The van der Waals surface area contributed by atoms with Gasteiger partial charge in [0.15, 0.2) is 58.6 Å². The molecule has 5 saturated heterocycles. The van der Waals surface area contributed by atoms with Gasteiger partial charge in [0.25, 0.3) is 11.8 Å². The van der Waals surface area contributed by atoms with Crippen molar-refractivity contribution in [3.05, 3.63) is 89.1 Å². The van der Waals surface area contributed by atoms with Gasteiger partial charge in [-0.15, -0.1) is 13.2 Å². The standard InChI is InChI=1S/C53H72N18O9/c1-7-20-54-47(76)41-37(72)39(74)49(79-41)70-28-56-35-43(61-51(63-45(35)70)67-23-18-33(26-67)65(9-3)10-4)58-30-13-15-31(16-14-30)60-53(78)69-22-17-32(25-69)59-44-36-46(64-52(62-44)68-24-19-34(27-68)66(11-5)12-6)71(29-57-36)50-40(75)38(73)42(80-50)48(77)55-21-8-2/h7-12,28-34,37-42,49-50,72-75H,1-6,13-27H2,(H,54,76)(H,55,77)(H,60,78)(H,58,61,63)(H,59,62,64)/t30?,31?,32-,33-,34-,37+,38+,39-,40-,41+,42+,49-,50-/m1/s1. The van der Waals surface area contributed by atoms with Crippen LogP contribution < -0.4 is 36.4 Å². The molecule has 9 heterocycles. The molecule has 0 aromatic carbocycles. The summed E-state index contributed by atoms with van der Waals surface area (Å²) in [4.78, 5) is 78.7. The molecule has 11 atom stereocenters. The van der Waals surface area contributed by atoms with Crippen LogP contribution in [0, 0.1) is 0 Å². The molecule has 4 aromatic rings.